The summed E-state index contributed by atoms with van der Waals surface area (Å²) in [5.41, 5.74) is 0.0789. The Morgan fingerprint density at radius 2 is 1.93 bits per heavy atom. The van der Waals surface area contributed by atoms with Crippen LogP contribution in [0.5, 0.6) is 0 Å². The van der Waals surface area contributed by atoms with Gasteiger partial charge in [0.25, 0.3) is 11.6 Å². The number of rotatable bonds is 5. The molecule has 29 heavy (non-hydrogen) atoms. The van der Waals surface area contributed by atoms with Gasteiger partial charge in [-0.25, -0.2) is 8.42 Å². The first kappa shape index (κ1) is 21.2. The van der Waals surface area contributed by atoms with Gasteiger partial charge in [-0.15, -0.1) is 0 Å². The first-order chi connectivity index (χ1) is 13.7. The van der Waals surface area contributed by atoms with Crippen LogP contribution in [0.4, 0.5) is 11.4 Å². The summed E-state index contributed by atoms with van der Waals surface area (Å²) < 4.78 is 27.1. The molecule has 0 radical (unpaired) electrons. The van der Waals surface area contributed by atoms with Crippen LogP contribution >= 0.6 is 11.6 Å². The maximum absolute atomic E-state index is 12.8. The van der Waals surface area contributed by atoms with Gasteiger partial charge in [0.15, 0.2) is 0 Å². The highest BCUT2D eigenvalue weighted by atomic mass is 35.5. The third-order valence-corrected chi connectivity index (χ3v) is 6.97. The van der Waals surface area contributed by atoms with Gasteiger partial charge in [0.1, 0.15) is 5.02 Å². The van der Waals surface area contributed by atoms with Gasteiger partial charge in [0, 0.05) is 30.4 Å². The van der Waals surface area contributed by atoms with Crippen molar-refractivity contribution >= 4 is 38.9 Å². The number of halogens is 1. The van der Waals surface area contributed by atoms with Crippen LogP contribution in [0, 0.1) is 16.0 Å². The van der Waals surface area contributed by atoms with Crippen molar-refractivity contribution in [2.24, 2.45) is 5.92 Å². The highest BCUT2D eigenvalue weighted by Crippen LogP contribution is 2.26. The lowest BCUT2D eigenvalue weighted by Gasteiger charge is -2.30. The topological polar surface area (TPSA) is 110 Å². The molecular formula is C19H20ClN3O5S. The third-order valence-electron chi connectivity index (χ3n) is 4.77. The van der Waals surface area contributed by atoms with Crippen molar-refractivity contribution in [3.05, 3.63) is 63.2 Å². The van der Waals surface area contributed by atoms with Crippen LogP contribution in [0.25, 0.3) is 0 Å². The molecule has 154 valence electrons. The smallest absolute Gasteiger partial charge is 0.288 e. The van der Waals surface area contributed by atoms with E-state index in [2.05, 4.69) is 5.32 Å². The number of nitrogens with one attached hydrogen (secondary N) is 1. The highest BCUT2D eigenvalue weighted by molar-refractivity contribution is 7.89. The minimum atomic E-state index is -3.58. The van der Waals surface area contributed by atoms with Crippen LogP contribution in [-0.2, 0) is 10.0 Å². The van der Waals surface area contributed by atoms with Crippen molar-refractivity contribution in [2.45, 2.75) is 24.7 Å². The van der Waals surface area contributed by atoms with E-state index >= 15 is 0 Å². The third kappa shape index (κ3) is 4.75. The molecule has 0 spiro atoms. The van der Waals surface area contributed by atoms with Crippen molar-refractivity contribution < 1.29 is 18.1 Å². The van der Waals surface area contributed by atoms with Crippen LogP contribution in [0.3, 0.4) is 0 Å². The number of piperidine rings is 1. The van der Waals surface area contributed by atoms with Gasteiger partial charge >= 0.3 is 0 Å². The zero-order valence-electron chi connectivity index (χ0n) is 15.7. The molecule has 1 heterocycles. The summed E-state index contributed by atoms with van der Waals surface area (Å²) in [7, 11) is -3.58. The van der Waals surface area contributed by atoms with Gasteiger partial charge in [-0.2, -0.15) is 4.31 Å². The van der Waals surface area contributed by atoms with Gasteiger partial charge < -0.3 is 5.32 Å². The van der Waals surface area contributed by atoms with Crippen LogP contribution in [-0.4, -0.2) is 36.6 Å². The largest absolute Gasteiger partial charge is 0.322 e. The minimum Gasteiger partial charge on any atom is -0.322 e. The predicted molar refractivity (Wildman–Crippen MR) is 110 cm³/mol. The normalized spacial score (nSPS) is 17.7. The number of hydrogen-bond donors (Lipinski definition) is 1. The standard InChI is InChI=1S/C19H20ClN3O5S/c1-13-3-2-10-22(12-13)29(27,28)16-7-5-15(6-8-16)21-19(24)14-4-9-17(20)18(11-14)23(25)26/h4-9,11,13H,2-3,10,12H2,1H3,(H,21,24). The number of nitrogens with zero attached hydrogens (tertiary/aromatic N) is 2. The molecule has 10 heteroatoms. The quantitative estimate of drug-likeness (QED) is 0.563. The number of amides is 1. The average molecular weight is 438 g/mol. The number of hydrogen-bond acceptors (Lipinski definition) is 5. The number of nitro benzene ring substituents is 1. The first-order valence-electron chi connectivity index (χ1n) is 9.04. The summed E-state index contributed by atoms with van der Waals surface area (Å²) in [6, 6.07) is 9.60. The minimum absolute atomic E-state index is 0.0619. The first-order valence-corrected chi connectivity index (χ1v) is 10.9. The molecule has 1 N–H and O–H groups in total. The molecule has 1 aliphatic rings. The molecule has 0 saturated carbocycles. The maximum atomic E-state index is 12.8. The summed E-state index contributed by atoms with van der Waals surface area (Å²) in [6.45, 7) is 3.03. The number of anilines is 1. The zero-order valence-corrected chi connectivity index (χ0v) is 17.2. The van der Waals surface area contributed by atoms with Crippen molar-refractivity contribution in [2.75, 3.05) is 18.4 Å². The summed E-state index contributed by atoms with van der Waals surface area (Å²) in [5, 5.41) is 13.5. The van der Waals surface area contributed by atoms with E-state index in [0.29, 0.717) is 24.7 Å². The Morgan fingerprint density at radius 3 is 2.55 bits per heavy atom. The van der Waals surface area contributed by atoms with Crippen LogP contribution in [0.1, 0.15) is 30.1 Å². The zero-order chi connectivity index (χ0) is 21.2. The molecule has 3 rings (SSSR count). The number of carbonyl (C=O) groups excluding carboxylic acids is 1. The Morgan fingerprint density at radius 1 is 1.24 bits per heavy atom. The van der Waals surface area contributed by atoms with E-state index in [9.17, 15) is 23.3 Å². The SMILES string of the molecule is CC1CCCN(S(=O)(=O)c2ccc(NC(=O)c3ccc(Cl)c([N+](=O)[O-])c3)cc2)C1. The van der Waals surface area contributed by atoms with Gasteiger partial charge in [-0.1, -0.05) is 18.5 Å². The number of nitro groups is 1. The van der Waals surface area contributed by atoms with E-state index in [1.54, 1.807) is 0 Å². The molecule has 0 aliphatic carbocycles. The average Bonchev–Trinajstić information content (AvgIpc) is 2.68. The number of carbonyl (C=O) groups is 1. The van der Waals surface area contributed by atoms with E-state index in [1.807, 2.05) is 6.92 Å². The molecule has 1 atom stereocenters. The molecule has 0 bridgehead atoms. The van der Waals surface area contributed by atoms with E-state index in [-0.39, 0.29) is 21.2 Å². The van der Waals surface area contributed by atoms with Crippen molar-refractivity contribution in [1.29, 1.82) is 0 Å². The molecule has 1 fully saturated rings. The lowest BCUT2D eigenvalue weighted by molar-refractivity contribution is -0.384. The monoisotopic (exact) mass is 437 g/mol. The molecular weight excluding hydrogens is 418 g/mol. The van der Waals surface area contributed by atoms with E-state index in [4.69, 9.17) is 11.6 Å². The van der Waals surface area contributed by atoms with Crippen molar-refractivity contribution in [3.63, 3.8) is 0 Å². The van der Waals surface area contributed by atoms with E-state index in [0.717, 1.165) is 18.9 Å². The molecule has 1 aliphatic heterocycles. The second kappa shape index (κ2) is 8.48. The second-order valence-electron chi connectivity index (χ2n) is 7.01. The summed E-state index contributed by atoms with van der Waals surface area (Å²) in [6.07, 6.45) is 1.85. The van der Waals surface area contributed by atoms with Gasteiger partial charge in [-0.05, 0) is 55.2 Å². The Kier molecular flexibility index (Phi) is 6.21. The summed E-state index contributed by atoms with van der Waals surface area (Å²) >= 11 is 5.75. The lowest BCUT2D eigenvalue weighted by atomic mass is 10.0. The number of sulfonamides is 1. The molecule has 1 unspecified atom stereocenters. The number of benzene rings is 2. The van der Waals surface area contributed by atoms with Crippen LogP contribution in [0.15, 0.2) is 47.4 Å². The van der Waals surface area contributed by atoms with Gasteiger partial charge in [0.05, 0.1) is 9.82 Å². The summed E-state index contributed by atoms with van der Waals surface area (Å²) in [5.74, 6) is -0.245. The Hall–Kier alpha value is -2.49. The fourth-order valence-electron chi connectivity index (χ4n) is 3.22. The fourth-order valence-corrected chi connectivity index (χ4v) is 5.01. The molecule has 2 aromatic rings. The molecule has 2 aromatic carbocycles. The van der Waals surface area contributed by atoms with Gasteiger partial charge in [0.2, 0.25) is 10.0 Å². The predicted octanol–water partition coefficient (Wildman–Crippen LogP) is 3.92. The summed E-state index contributed by atoms with van der Waals surface area (Å²) in [4.78, 5) is 22.8. The molecule has 8 nitrogen and oxygen atoms in total. The molecule has 0 aromatic heterocycles. The van der Waals surface area contributed by atoms with Crippen molar-refractivity contribution in [3.8, 4) is 0 Å². The maximum Gasteiger partial charge on any atom is 0.288 e. The lowest BCUT2D eigenvalue weighted by Crippen LogP contribution is -2.39. The van der Waals surface area contributed by atoms with E-state index in [1.165, 1.54) is 40.7 Å². The molecule has 1 saturated heterocycles. The van der Waals surface area contributed by atoms with Crippen molar-refractivity contribution in [1.82, 2.24) is 4.31 Å². The Balaban J connectivity index is 1.74. The Bertz CT molecular complexity index is 1040. The van der Waals surface area contributed by atoms with Crippen LogP contribution in [0.2, 0.25) is 5.02 Å². The van der Waals surface area contributed by atoms with E-state index < -0.39 is 20.9 Å². The second-order valence-corrected chi connectivity index (χ2v) is 9.36. The highest BCUT2D eigenvalue weighted by Gasteiger charge is 2.28. The fraction of sp³-hybridized carbons (Fsp3) is 0.316. The molecule has 1 amide bonds. The van der Waals surface area contributed by atoms with Gasteiger partial charge in [-0.3, -0.25) is 14.9 Å². The van der Waals surface area contributed by atoms with Crippen LogP contribution < -0.4 is 5.32 Å². The Labute approximate surface area is 173 Å².